The van der Waals surface area contributed by atoms with E-state index in [1.54, 1.807) is 0 Å². The molecule has 2 atom stereocenters. The number of unbranched alkanes of at least 4 members (excludes halogenated alkanes) is 1. The zero-order valence-electron chi connectivity index (χ0n) is 8.06. The molecule has 0 fully saturated rings. The molecule has 0 rings (SSSR count). The Bertz CT molecular complexity index is 99.0. The molecule has 0 aromatic rings. The van der Waals surface area contributed by atoms with Crippen molar-refractivity contribution in [2.45, 2.75) is 52.1 Å². The highest BCUT2D eigenvalue weighted by Crippen LogP contribution is 2.00. The van der Waals surface area contributed by atoms with Crippen LogP contribution in [0.1, 0.15) is 40.0 Å². The maximum atomic E-state index is 3.73. The molecule has 1 nitrogen and oxygen atoms in total. The molecule has 2 unspecified atom stereocenters. The molecule has 0 aliphatic rings. The van der Waals surface area contributed by atoms with Gasteiger partial charge in [0.05, 0.1) is 0 Å². The number of hydrogen-bond donors (Lipinski definition) is 1. The van der Waals surface area contributed by atoms with Crippen LogP contribution in [-0.4, -0.2) is 12.1 Å². The minimum absolute atomic E-state index is 0.446. The van der Waals surface area contributed by atoms with Gasteiger partial charge in [-0.2, -0.15) is 0 Å². The van der Waals surface area contributed by atoms with Gasteiger partial charge >= 0.3 is 0 Å². The average Bonchev–Trinajstić information content (AvgIpc) is 2.00. The van der Waals surface area contributed by atoms with Crippen molar-refractivity contribution in [3.05, 3.63) is 12.7 Å². The quantitative estimate of drug-likeness (QED) is 0.582. The number of rotatable bonds is 6. The Morgan fingerprint density at radius 3 is 2.55 bits per heavy atom. The van der Waals surface area contributed by atoms with E-state index in [0.29, 0.717) is 12.1 Å². The van der Waals surface area contributed by atoms with E-state index in [1.807, 2.05) is 6.08 Å². The van der Waals surface area contributed by atoms with Gasteiger partial charge in [-0.1, -0.05) is 25.8 Å². The van der Waals surface area contributed by atoms with Crippen molar-refractivity contribution in [1.82, 2.24) is 5.32 Å². The fraction of sp³-hybridized carbons (Fsp3) is 0.800. The summed E-state index contributed by atoms with van der Waals surface area (Å²) in [5.41, 5.74) is 0. The van der Waals surface area contributed by atoms with Crippen molar-refractivity contribution in [2.24, 2.45) is 0 Å². The lowest BCUT2D eigenvalue weighted by Crippen LogP contribution is -2.32. The minimum atomic E-state index is 0.446. The van der Waals surface area contributed by atoms with Crippen molar-refractivity contribution in [3.63, 3.8) is 0 Å². The maximum absolute atomic E-state index is 3.73. The summed E-state index contributed by atoms with van der Waals surface area (Å²) in [6.07, 6.45) is 5.82. The predicted molar refractivity (Wildman–Crippen MR) is 51.8 cm³/mol. The lowest BCUT2D eigenvalue weighted by molar-refractivity contribution is 0.473. The molecule has 0 saturated carbocycles. The molecular weight excluding hydrogens is 134 g/mol. The average molecular weight is 155 g/mol. The van der Waals surface area contributed by atoms with Gasteiger partial charge in [0.1, 0.15) is 0 Å². The van der Waals surface area contributed by atoms with Gasteiger partial charge < -0.3 is 5.32 Å². The SMILES string of the molecule is C=CC(C)NC(C)CCCC. The second-order valence-corrected chi connectivity index (χ2v) is 3.23. The summed E-state index contributed by atoms with van der Waals surface area (Å²) in [5.74, 6) is 0. The van der Waals surface area contributed by atoms with Crippen LogP contribution >= 0.6 is 0 Å². The van der Waals surface area contributed by atoms with Gasteiger partial charge in [0.2, 0.25) is 0 Å². The maximum Gasteiger partial charge on any atom is 0.0221 e. The van der Waals surface area contributed by atoms with E-state index < -0.39 is 0 Å². The van der Waals surface area contributed by atoms with Crippen LogP contribution in [0.4, 0.5) is 0 Å². The van der Waals surface area contributed by atoms with Gasteiger partial charge in [0.15, 0.2) is 0 Å². The van der Waals surface area contributed by atoms with E-state index in [-0.39, 0.29) is 0 Å². The first-order valence-electron chi connectivity index (χ1n) is 4.59. The smallest absolute Gasteiger partial charge is 0.0221 e. The molecule has 66 valence electrons. The summed E-state index contributed by atoms with van der Waals surface area (Å²) < 4.78 is 0. The molecule has 0 aliphatic carbocycles. The molecule has 0 spiro atoms. The molecule has 0 saturated heterocycles. The summed E-state index contributed by atoms with van der Waals surface area (Å²) >= 11 is 0. The van der Waals surface area contributed by atoms with Crippen LogP contribution in [0.2, 0.25) is 0 Å². The Labute approximate surface area is 70.9 Å². The van der Waals surface area contributed by atoms with E-state index in [1.165, 1.54) is 19.3 Å². The van der Waals surface area contributed by atoms with Gasteiger partial charge in [-0.25, -0.2) is 0 Å². The first kappa shape index (κ1) is 10.7. The Morgan fingerprint density at radius 1 is 1.45 bits per heavy atom. The molecule has 0 radical (unpaired) electrons. The Kier molecular flexibility index (Phi) is 6.24. The van der Waals surface area contributed by atoms with E-state index in [0.717, 1.165) is 0 Å². The van der Waals surface area contributed by atoms with Crippen LogP contribution in [0.5, 0.6) is 0 Å². The highest BCUT2D eigenvalue weighted by Gasteiger charge is 2.02. The van der Waals surface area contributed by atoms with Gasteiger partial charge in [0, 0.05) is 12.1 Å². The van der Waals surface area contributed by atoms with Gasteiger partial charge in [-0.05, 0) is 20.3 Å². The molecule has 11 heavy (non-hydrogen) atoms. The second-order valence-electron chi connectivity index (χ2n) is 3.23. The first-order valence-corrected chi connectivity index (χ1v) is 4.59. The molecule has 0 aromatic heterocycles. The highest BCUT2D eigenvalue weighted by molar-refractivity contribution is 4.83. The van der Waals surface area contributed by atoms with E-state index in [9.17, 15) is 0 Å². The minimum Gasteiger partial charge on any atom is -0.308 e. The third kappa shape index (κ3) is 6.11. The van der Waals surface area contributed by atoms with Crippen LogP contribution < -0.4 is 5.32 Å². The van der Waals surface area contributed by atoms with E-state index >= 15 is 0 Å². The standard InChI is InChI=1S/C10H21N/c1-5-7-8-10(4)11-9(3)6-2/h6,9-11H,2,5,7-8H2,1,3-4H3. The summed E-state index contributed by atoms with van der Waals surface area (Å²) in [7, 11) is 0. The number of hydrogen-bond acceptors (Lipinski definition) is 1. The second kappa shape index (κ2) is 6.41. The third-order valence-electron chi connectivity index (χ3n) is 1.89. The molecular formula is C10H21N. The van der Waals surface area contributed by atoms with Crippen LogP contribution in [0.3, 0.4) is 0 Å². The third-order valence-corrected chi connectivity index (χ3v) is 1.89. The predicted octanol–water partition coefficient (Wildman–Crippen LogP) is 2.73. The lowest BCUT2D eigenvalue weighted by atomic mass is 10.1. The topological polar surface area (TPSA) is 12.0 Å². The zero-order valence-corrected chi connectivity index (χ0v) is 8.06. The summed E-state index contributed by atoms with van der Waals surface area (Å²) in [4.78, 5) is 0. The van der Waals surface area contributed by atoms with Gasteiger partial charge in [0.25, 0.3) is 0 Å². The van der Waals surface area contributed by atoms with Crippen molar-refractivity contribution < 1.29 is 0 Å². The van der Waals surface area contributed by atoms with Crippen LogP contribution in [0.25, 0.3) is 0 Å². The number of nitrogens with one attached hydrogen (secondary N) is 1. The fourth-order valence-corrected chi connectivity index (χ4v) is 1.11. The molecule has 0 aromatic carbocycles. The van der Waals surface area contributed by atoms with Crippen LogP contribution in [-0.2, 0) is 0 Å². The largest absolute Gasteiger partial charge is 0.308 e. The molecule has 1 heteroatoms. The monoisotopic (exact) mass is 155 g/mol. The highest BCUT2D eigenvalue weighted by atomic mass is 14.9. The van der Waals surface area contributed by atoms with Crippen molar-refractivity contribution in [2.75, 3.05) is 0 Å². The van der Waals surface area contributed by atoms with Crippen LogP contribution in [0.15, 0.2) is 12.7 Å². The lowest BCUT2D eigenvalue weighted by Gasteiger charge is -2.16. The van der Waals surface area contributed by atoms with Crippen molar-refractivity contribution in [3.8, 4) is 0 Å². The summed E-state index contributed by atoms with van der Waals surface area (Å²) in [6, 6.07) is 1.07. The van der Waals surface area contributed by atoms with E-state index in [2.05, 4.69) is 32.7 Å². The van der Waals surface area contributed by atoms with Gasteiger partial charge in [-0.3, -0.25) is 0 Å². The molecule has 0 amide bonds. The summed E-state index contributed by atoms with van der Waals surface area (Å²) in [5, 5.41) is 3.45. The first-order chi connectivity index (χ1) is 5.20. The molecule has 0 bridgehead atoms. The zero-order chi connectivity index (χ0) is 8.69. The van der Waals surface area contributed by atoms with E-state index in [4.69, 9.17) is 0 Å². The fourth-order valence-electron chi connectivity index (χ4n) is 1.11. The van der Waals surface area contributed by atoms with Crippen molar-refractivity contribution in [1.29, 1.82) is 0 Å². The Morgan fingerprint density at radius 2 is 2.09 bits per heavy atom. The van der Waals surface area contributed by atoms with Crippen LogP contribution in [0, 0.1) is 0 Å². The Hall–Kier alpha value is -0.300. The molecule has 0 heterocycles. The summed E-state index contributed by atoms with van der Waals surface area (Å²) in [6.45, 7) is 10.3. The Balaban J connectivity index is 3.34. The van der Waals surface area contributed by atoms with Gasteiger partial charge in [-0.15, -0.1) is 6.58 Å². The molecule has 0 aliphatic heterocycles. The molecule has 1 N–H and O–H groups in total. The van der Waals surface area contributed by atoms with Crippen molar-refractivity contribution >= 4 is 0 Å². The normalized spacial score (nSPS) is 15.9.